The lowest BCUT2D eigenvalue weighted by Gasteiger charge is -2.24. The summed E-state index contributed by atoms with van der Waals surface area (Å²) in [6.07, 6.45) is 4.60. The third-order valence-corrected chi connectivity index (χ3v) is 3.64. The summed E-state index contributed by atoms with van der Waals surface area (Å²) in [4.78, 5) is 0. The number of nitrogens with one attached hydrogen (secondary N) is 1. The Kier molecular flexibility index (Phi) is 3.72. The summed E-state index contributed by atoms with van der Waals surface area (Å²) in [7, 11) is 0. The van der Waals surface area contributed by atoms with Crippen molar-refractivity contribution in [3.63, 3.8) is 0 Å². The zero-order valence-corrected chi connectivity index (χ0v) is 10.3. The Morgan fingerprint density at radius 1 is 1.44 bits per heavy atom. The van der Waals surface area contributed by atoms with E-state index in [1.54, 1.807) is 6.07 Å². The van der Waals surface area contributed by atoms with Crippen LogP contribution < -0.4 is 5.32 Å². The molecule has 1 unspecified atom stereocenters. The van der Waals surface area contributed by atoms with Gasteiger partial charge in [0.05, 0.1) is 5.02 Å². The SMILES string of the molecule is Cc1ccc(Cl)c(O)c1CC1CCCCN1. The average molecular weight is 240 g/mol. The van der Waals surface area contributed by atoms with Gasteiger partial charge in [-0.1, -0.05) is 24.1 Å². The molecule has 0 aromatic heterocycles. The first-order chi connectivity index (χ1) is 7.68. The second-order valence-electron chi connectivity index (χ2n) is 4.54. The predicted molar refractivity (Wildman–Crippen MR) is 67.2 cm³/mol. The van der Waals surface area contributed by atoms with E-state index in [0.717, 1.165) is 24.1 Å². The van der Waals surface area contributed by atoms with E-state index >= 15 is 0 Å². The molecule has 0 saturated carbocycles. The minimum atomic E-state index is 0.258. The molecule has 3 heteroatoms. The van der Waals surface area contributed by atoms with Crippen LogP contribution in [0, 0.1) is 6.92 Å². The van der Waals surface area contributed by atoms with Gasteiger partial charge in [-0.3, -0.25) is 0 Å². The first-order valence-corrected chi connectivity index (χ1v) is 6.26. The first-order valence-electron chi connectivity index (χ1n) is 5.89. The second kappa shape index (κ2) is 5.07. The highest BCUT2D eigenvalue weighted by atomic mass is 35.5. The van der Waals surface area contributed by atoms with E-state index in [9.17, 15) is 5.11 Å². The zero-order valence-electron chi connectivity index (χ0n) is 9.59. The molecule has 0 amide bonds. The summed E-state index contributed by atoms with van der Waals surface area (Å²) in [5.74, 6) is 0.258. The molecule has 1 aliphatic heterocycles. The number of phenolic OH excluding ortho intramolecular Hbond substituents is 1. The molecule has 0 bridgehead atoms. The largest absolute Gasteiger partial charge is 0.506 e. The summed E-state index contributed by atoms with van der Waals surface area (Å²) in [6, 6.07) is 4.21. The van der Waals surface area contributed by atoms with Crippen LogP contribution in [0.25, 0.3) is 0 Å². The Morgan fingerprint density at radius 2 is 2.25 bits per heavy atom. The maximum absolute atomic E-state index is 9.95. The van der Waals surface area contributed by atoms with E-state index in [0.29, 0.717) is 11.1 Å². The Balaban J connectivity index is 2.16. The van der Waals surface area contributed by atoms with Crippen LogP contribution in [0.5, 0.6) is 5.75 Å². The smallest absolute Gasteiger partial charge is 0.137 e. The van der Waals surface area contributed by atoms with Crippen molar-refractivity contribution in [1.82, 2.24) is 5.32 Å². The van der Waals surface area contributed by atoms with Gasteiger partial charge in [0, 0.05) is 6.04 Å². The quantitative estimate of drug-likeness (QED) is 0.832. The Labute approximate surface area is 102 Å². The van der Waals surface area contributed by atoms with Gasteiger partial charge in [0.1, 0.15) is 5.75 Å². The number of aromatic hydroxyl groups is 1. The number of piperidine rings is 1. The van der Waals surface area contributed by atoms with Crippen LogP contribution in [0.1, 0.15) is 30.4 Å². The van der Waals surface area contributed by atoms with E-state index < -0.39 is 0 Å². The van der Waals surface area contributed by atoms with Crippen LogP contribution in [0.15, 0.2) is 12.1 Å². The molecule has 1 atom stereocenters. The maximum atomic E-state index is 9.95. The van der Waals surface area contributed by atoms with Gasteiger partial charge < -0.3 is 10.4 Å². The summed E-state index contributed by atoms with van der Waals surface area (Å²) < 4.78 is 0. The van der Waals surface area contributed by atoms with Crippen LogP contribution in [-0.4, -0.2) is 17.7 Å². The molecule has 1 aliphatic rings. The molecule has 0 radical (unpaired) electrons. The predicted octanol–water partition coefficient (Wildman–Crippen LogP) is 3.04. The van der Waals surface area contributed by atoms with Crippen LogP contribution in [0.3, 0.4) is 0 Å². The van der Waals surface area contributed by atoms with Gasteiger partial charge in [0.2, 0.25) is 0 Å². The fourth-order valence-corrected chi connectivity index (χ4v) is 2.49. The van der Waals surface area contributed by atoms with Gasteiger partial charge in [0.25, 0.3) is 0 Å². The summed E-state index contributed by atoms with van der Waals surface area (Å²) in [5, 5.41) is 13.9. The molecule has 1 fully saturated rings. The molecular weight excluding hydrogens is 222 g/mol. The molecule has 1 heterocycles. The number of halogens is 1. The van der Waals surface area contributed by atoms with Crippen molar-refractivity contribution in [3.8, 4) is 5.75 Å². The molecule has 1 saturated heterocycles. The van der Waals surface area contributed by atoms with E-state index in [-0.39, 0.29) is 5.75 Å². The zero-order chi connectivity index (χ0) is 11.5. The Morgan fingerprint density at radius 3 is 2.94 bits per heavy atom. The van der Waals surface area contributed by atoms with Gasteiger partial charge in [-0.2, -0.15) is 0 Å². The van der Waals surface area contributed by atoms with Gasteiger partial charge >= 0.3 is 0 Å². The van der Waals surface area contributed by atoms with Crippen molar-refractivity contribution in [2.45, 2.75) is 38.6 Å². The van der Waals surface area contributed by atoms with Crippen molar-refractivity contribution in [2.75, 3.05) is 6.54 Å². The van der Waals surface area contributed by atoms with E-state index in [2.05, 4.69) is 5.32 Å². The summed E-state index contributed by atoms with van der Waals surface area (Å²) in [5.41, 5.74) is 2.11. The third kappa shape index (κ3) is 2.50. The normalized spacial score (nSPS) is 21.0. The molecule has 1 aromatic rings. The van der Waals surface area contributed by atoms with Crippen LogP contribution in [-0.2, 0) is 6.42 Å². The lowest BCUT2D eigenvalue weighted by atomic mass is 9.95. The van der Waals surface area contributed by atoms with Gasteiger partial charge in [-0.05, 0) is 49.9 Å². The summed E-state index contributed by atoms with van der Waals surface area (Å²) in [6.45, 7) is 3.11. The van der Waals surface area contributed by atoms with Crippen molar-refractivity contribution in [3.05, 3.63) is 28.3 Å². The van der Waals surface area contributed by atoms with E-state index in [4.69, 9.17) is 11.6 Å². The molecule has 0 spiro atoms. The van der Waals surface area contributed by atoms with Crippen molar-refractivity contribution in [2.24, 2.45) is 0 Å². The topological polar surface area (TPSA) is 32.3 Å². The Hall–Kier alpha value is -0.730. The fourth-order valence-electron chi connectivity index (χ4n) is 2.31. The number of hydrogen-bond donors (Lipinski definition) is 2. The standard InChI is InChI=1S/C13H18ClNO/c1-9-5-6-12(14)13(16)11(9)8-10-4-2-3-7-15-10/h5-6,10,15-16H,2-4,7-8H2,1H3. The van der Waals surface area contributed by atoms with Crippen molar-refractivity contribution < 1.29 is 5.11 Å². The average Bonchev–Trinajstić information content (AvgIpc) is 2.31. The number of hydrogen-bond acceptors (Lipinski definition) is 2. The highest BCUT2D eigenvalue weighted by molar-refractivity contribution is 6.32. The lowest BCUT2D eigenvalue weighted by Crippen LogP contribution is -2.35. The van der Waals surface area contributed by atoms with Gasteiger partial charge in [-0.15, -0.1) is 0 Å². The number of aryl methyl sites for hydroxylation is 1. The van der Waals surface area contributed by atoms with Gasteiger partial charge in [0.15, 0.2) is 0 Å². The van der Waals surface area contributed by atoms with E-state index in [1.165, 1.54) is 19.3 Å². The third-order valence-electron chi connectivity index (χ3n) is 3.33. The second-order valence-corrected chi connectivity index (χ2v) is 4.95. The van der Waals surface area contributed by atoms with Crippen molar-refractivity contribution >= 4 is 11.6 Å². The monoisotopic (exact) mass is 239 g/mol. The fraction of sp³-hybridized carbons (Fsp3) is 0.538. The molecule has 0 aliphatic carbocycles. The molecule has 16 heavy (non-hydrogen) atoms. The molecule has 1 aromatic carbocycles. The molecule has 88 valence electrons. The van der Waals surface area contributed by atoms with Gasteiger partial charge in [-0.25, -0.2) is 0 Å². The molecule has 2 rings (SSSR count). The minimum absolute atomic E-state index is 0.258. The first kappa shape index (κ1) is 11.7. The van der Waals surface area contributed by atoms with Crippen LogP contribution >= 0.6 is 11.6 Å². The maximum Gasteiger partial charge on any atom is 0.137 e. The van der Waals surface area contributed by atoms with Crippen LogP contribution in [0.4, 0.5) is 0 Å². The summed E-state index contributed by atoms with van der Waals surface area (Å²) >= 11 is 5.93. The van der Waals surface area contributed by atoms with Crippen LogP contribution in [0.2, 0.25) is 5.02 Å². The molecule has 2 N–H and O–H groups in total. The number of phenols is 1. The molecular formula is C13H18ClNO. The van der Waals surface area contributed by atoms with E-state index in [1.807, 2.05) is 13.0 Å². The van der Waals surface area contributed by atoms with Crippen molar-refractivity contribution in [1.29, 1.82) is 0 Å². The minimum Gasteiger partial charge on any atom is -0.506 e. The number of rotatable bonds is 2. The lowest BCUT2D eigenvalue weighted by molar-refractivity contribution is 0.391. The highest BCUT2D eigenvalue weighted by Gasteiger charge is 2.17. The number of benzene rings is 1. The molecule has 2 nitrogen and oxygen atoms in total. The Bertz CT molecular complexity index is 372. The highest BCUT2D eigenvalue weighted by Crippen LogP contribution is 2.31.